The van der Waals surface area contributed by atoms with Gasteiger partial charge in [-0.1, -0.05) is 11.8 Å². The summed E-state index contributed by atoms with van der Waals surface area (Å²) in [5.74, 6) is 0.404. The second kappa shape index (κ2) is 10.2. The van der Waals surface area contributed by atoms with Gasteiger partial charge in [-0.25, -0.2) is 4.98 Å². The van der Waals surface area contributed by atoms with E-state index >= 15 is 0 Å². The third kappa shape index (κ3) is 5.53. The minimum atomic E-state index is -0.504. The Morgan fingerprint density at radius 1 is 0.914 bits per heavy atom. The topological polar surface area (TPSA) is 128 Å². The fourth-order valence-electron chi connectivity index (χ4n) is 3.48. The lowest BCUT2D eigenvalue weighted by atomic mass is 10.2. The molecule has 35 heavy (non-hydrogen) atoms. The molecule has 10 nitrogen and oxygen atoms in total. The highest BCUT2D eigenvalue weighted by atomic mass is 32.2. The first-order chi connectivity index (χ1) is 16.8. The maximum absolute atomic E-state index is 10.8. The molecule has 0 saturated heterocycles. The normalized spacial score (nSPS) is 11.0. The van der Waals surface area contributed by atoms with Crippen LogP contribution in [0.2, 0.25) is 0 Å². The summed E-state index contributed by atoms with van der Waals surface area (Å²) in [5.41, 5.74) is 6.72. The molecule has 2 heterocycles. The number of aromatic nitrogens is 2. The average Bonchev–Trinajstić information content (AvgIpc) is 3.13. The van der Waals surface area contributed by atoms with Crippen LogP contribution in [0.1, 0.15) is 17.0 Å². The number of non-ortho nitro benzene ring substituents is 1. The van der Waals surface area contributed by atoms with E-state index in [1.54, 1.807) is 18.3 Å². The Labute approximate surface area is 204 Å². The van der Waals surface area contributed by atoms with Crippen LogP contribution in [0.15, 0.2) is 87.8 Å². The van der Waals surface area contributed by atoms with Gasteiger partial charge >= 0.3 is 0 Å². The molecule has 0 bridgehead atoms. The van der Waals surface area contributed by atoms with Gasteiger partial charge < -0.3 is 4.57 Å². The smallest absolute Gasteiger partial charge is 0.287 e. The summed E-state index contributed by atoms with van der Waals surface area (Å²) in [5, 5.41) is 25.7. The molecule has 1 N–H and O–H groups in total. The Kier molecular flexibility index (Phi) is 6.88. The van der Waals surface area contributed by atoms with Gasteiger partial charge in [-0.15, -0.1) is 0 Å². The summed E-state index contributed by atoms with van der Waals surface area (Å²) in [6.45, 7) is 4.01. The van der Waals surface area contributed by atoms with Gasteiger partial charge in [0.25, 0.3) is 11.4 Å². The van der Waals surface area contributed by atoms with Gasteiger partial charge in [-0.3, -0.25) is 25.7 Å². The lowest BCUT2D eigenvalue weighted by Gasteiger charge is -2.10. The minimum absolute atomic E-state index is 0.0711. The van der Waals surface area contributed by atoms with Gasteiger partial charge in [-0.05, 0) is 62.4 Å². The van der Waals surface area contributed by atoms with Gasteiger partial charge in [0.2, 0.25) is 0 Å². The quantitative estimate of drug-likeness (QED) is 0.186. The van der Waals surface area contributed by atoms with Crippen molar-refractivity contribution in [3.8, 4) is 5.69 Å². The van der Waals surface area contributed by atoms with E-state index in [1.165, 1.54) is 42.2 Å². The van der Waals surface area contributed by atoms with Crippen molar-refractivity contribution in [2.45, 2.75) is 23.6 Å². The van der Waals surface area contributed by atoms with E-state index in [4.69, 9.17) is 0 Å². The highest BCUT2D eigenvalue weighted by Crippen LogP contribution is 2.30. The summed E-state index contributed by atoms with van der Waals surface area (Å²) in [7, 11) is 0. The average molecular weight is 489 g/mol. The largest absolute Gasteiger partial charge is 0.318 e. The molecular formula is C24H20N6O4S. The predicted molar refractivity (Wildman–Crippen MR) is 135 cm³/mol. The molecule has 0 atom stereocenters. The van der Waals surface area contributed by atoms with E-state index in [9.17, 15) is 20.2 Å². The highest BCUT2D eigenvalue weighted by molar-refractivity contribution is 7.99. The Morgan fingerprint density at radius 2 is 1.51 bits per heavy atom. The zero-order chi connectivity index (χ0) is 24.9. The van der Waals surface area contributed by atoms with E-state index in [0.29, 0.717) is 5.82 Å². The van der Waals surface area contributed by atoms with E-state index < -0.39 is 9.85 Å². The second-order valence-electron chi connectivity index (χ2n) is 7.54. The first-order valence-electron chi connectivity index (χ1n) is 10.4. The standard InChI is InChI=1S/C24H20N6O4S/c1-16-13-18(14-26-27-24-12-7-21(15-25-24)30(33)34)17(2)28(16)19-3-8-22(9-4-19)35-23-10-5-20(6-11-23)29(31)32/h3-15H,1-2H3,(H,25,27)/b26-14-. The van der Waals surface area contributed by atoms with Crippen LogP contribution < -0.4 is 5.43 Å². The van der Waals surface area contributed by atoms with Crippen molar-refractivity contribution in [1.82, 2.24) is 9.55 Å². The van der Waals surface area contributed by atoms with Crippen LogP contribution in [0.25, 0.3) is 5.69 Å². The van der Waals surface area contributed by atoms with Crippen LogP contribution >= 0.6 is 11.8 Å². The highest BCUT2D eigenvalue weighted by Gasteiger charge is 2.11. The number of anilines is 1. The number of nitro benzene ring substituents is 1. The number of pyridine rings is 1. The molecule has 0 saturated carbocycles. The van der Waals surface area contributed by atoms with Gasteiger partial charge in [0, 0.05) is 50.6 Å². The SMILES string of the molecule is Cc1cc(/C=N\Nc2ccc([N+](=O)[O-])cn2)c(C)n1-c1ccc(Sc2ccc([N+](=O)[O-])cc2)cc1. The van der Waals surface area contributed by atoms with Gasteiger partial charge in [-0.2, -0.15) is 5.10 Å². The molecule has 4 aromatic rings. The second-order valence-corrected chi connectivity index (χ2v) is 8.68. The van der Waals surface area contributed by atoms with E-state index in [0.717, 1.165) is 32.4 Å². The molecular weight excluding hydrogens is 468 g/mol. The molecule has 0 radical (unpaired) electrons. The lowest BCUT2D eigenvalue weighted by molar-refractivity contribution is -0.385. The molecule has 4 rings (SSSR count). The van der Waals surface area contributed by atoms with Crippen LogP contribution in [0, 0.1) is 34.1 Å². The Bertz CT molecular complexity index is 1400. The van der Waals surface area contributed by atoms with E-state index in [2.05, 4.69) is 20.1 Å². The Morgan fingerprint density at radius 3 is 2.09 bits per heavy atom. The predicted octanol–water partition coefficient (Wildman–Crippen LogP) is 5.90. The van der Waals surface area contributed by atoms with Gasteiger partial charge in [0.15, 0.2) is 0 Å². The van der Waals surface area contributed by atoms with Crippen molar-refractivity contribution in [1.29, 1.82) is 0 Å². The first-order valence-corrected chi connectivity index (χ1v) is 11.2. The molecule has 2 aromatic heterocycles. The number of nitrogens with one attached hydrogen (secondary N) is 1. The van der Waals surface area contributed by atoms with Crippen LogP contribution in [0.5, 0.6) is 0 Å². The van der Waals surface area contributed by atoms with Crippen LogP contribution in [-0.4, -0.2) is 25.6 Å². The summed E-state index contributed by atoms with van der Waals surface area (Å²) >= 11 is 1.53. The number of aryl methyl sites for hydroxylation is 1. The lowest BCUT2D eigenvalue weighted by Crippen LogP contribution is -2.00. The fourth-order valence-corrected chi connectivity index (χ4v) is 4.30. The van der Waals surface area contributed by atoms with Gasteiger partial charge in [0.05, 0.1) is 16.1 Å². The summed E-state index contributed by atoms with van der Waals surface area (Å²) in [6, 6.07) is 19.4. The number of hydrazone groups is 1. The molecule has 2 aromatic carbocycles. The first kappa shape index (κ1) is 23.6. The van der Waals surface area contributed by atoms with Crippen molar-refractivity contribution in [3.05, 3.63) is 110 Å². The molecule has 0 amide bonds. The van der Waals surface area contributed by atoms with E-state index in [-0.39, 0.29) is 11.4 Å². The molecule has 0 unspecified atom stereocenters. The van der Waals surface area contributed by atoms with E-state index in [1.807, 2.05) is 44.2 Å². The third-order valence-corrected chi connectivity index (χ3v) is 6.21. The number of nitrogens with zero attached hydrogens (tertiary/aromatic N) is 5. The van der Waals surface area contributed by atoms with Gasteiger partial charge in [0.1, 0.15) is 12.0 Å². The van der Waals surface area contributed by atoms with Crippen molar-refractivity contribution in [2.24, 2.45) is 5.10 Å². The molecule has 0 spiro atoms. The molecule has 0 aliphatic carbocycles. The zero-order valence-electron chi connectivity index (χ0n) is 18.8. The molecule has 176 valence electrons. The maximum Gasteiger partial charge on any atom is 0.287 e. The summed E-state index contributed by atoms with van der Waals surface area (Å²) in [6.07, 6.45) is 2.86. The van der Waals surface area contributed by atoms with Crippen molar-refractivity contribution < 1.29 is 9.85 Å². The van der Waals surface area contributed by atoms with Crippen molar-refractivity contribution >= 4 is 35.2 Å². The van der Waals surface area contributed by atoms with Crippen molar-refractivity contribution in [2.75, 3.05) is 5.43 Å². The fraction of sp³-hybridized carbons (Fsp3) is 0.0833. The molecule has 0 aliphatic heterocycles. The zero-order valence-corrected chi connectivity index (χ0v) is 19.6. The molecule has 0 aliphatic rings. The maximum atomic E-state index is 10.8. The Balaban J connectivity index is 1.45. The summed E-state index contributed by atoms with van der Waals surface area (Å²) < 4.78 is 2.12. The number of rotatable bonds is 8. The number of benzene rings is 2. The monoisotopic (exact) mass is 488 g/mol. The van der Waals surface area contributed by atoms with Crippen LogP contribution in [0.4, 0.5) is 17.2 Å². The number of nitro groups is 2. The summed E-state index contributed by atoms with van der Waals surface area (Å²) in [4.78, 5) is 26.5. The number of hydrogen-bond acceptors (Lipinski definition) is 8. The van der Waals surface area contributed by atoms with Crippen LogP contribution in [-0.2, 0) is 0 Å². The van der Waals surface area contributed by atoms with Crippen LogP contribution in [0.3, 0.4) is 0 Å². The third-order valence-electron chi connectivity index (χ3n) is 5.19. The Hall–Kier alpha value is -4.51. The number of hydrogen-bond donors (Lipinski definition) is 1. The molecule has 0 fully saturated rings. The van der Waals surface area contributed by atoms with Crippen molar-refractivity contribution in [3.63, 3.8) is 0 Å². The minimum Gasteiger partial charge on any atom is -0.318 e. The molecule has 11 heteroatoms.